The molecule has 0 saturated carbocycles. The highest BCUT2D eigenvalue weighted by Crippen LogP contribution is 2.32. The fourth-order valence-corrected chi connectivity index (χ4v) is 3.77. The molecule has 0 aromatic heterocycles. The topological polar surface area (TPSA) is 67.8 Å². The van der Waals surface area contributed by atoms with Gasteiger partial charge in [0.25, 0.3) is 5.91 Å². The van der Waals surface area contributed by atoms with E-state index in [9.17, 15) is 4.79 Å². The van der Waals surface area contributed by atoms with Gasteiger partial charge in [0.1, 0.15) is 12.0 Å². The van der Waals surface area contributed by atoms with Gasteiger partial charge < -0.3 is 19.9 Å². The largest absolute Gasteiger partial charge is 0.496 e. The third-order valence-electron chi connectivity index (χ3n) is 5.59. The van der Waals surface area contributed by atoms with Crippen LogP contribution in [0.3, 0.4) is 0 Å². The molecule has 2 N–H and O–H groups in total. The molecule has 0 aliphatic rings. The molecule has 0 spiro atoms. The summed E-state index contributed by atoms with van der Waals surface area (Å²) in [6.07, 6.45) is 1.65. The van der Waals surface area contributed by atoms with Crippen molar-refractivity contribution in [2.24, 2.45) is 0 Å². The lowest BCUT2D eigenvalue weighted by Gasteiger charge is -2.14. The van der Waals surface area contributed by atoms with Crippen molar-refractivity contribution in [3.8, 4) is 5.75 Å². The highest BCUT2D eigenvalue weighted by Gasteiger charge is 2.11. The monoisotopic (exact) mass is 433 g/mol. The number of aryl methyl sites for hydroxylation is 2. The zero-order valence-corrected chi connectivity index (χ0v) is 19.4. The van der Waals surface area contributed by atoms with Gasteiger partial charge in [-0.15, -0.1) is 0 Å². The van der Waals surface area contributed by atoms with Gasteiger partial charge in [-0.1, -0.05) is 30.3 Å². The molecule has 5 nitrogen and oxygen atoms in total. The molecule has 0 fully saturated rings. The van der Waals surface area contributed by atoms with Gasteiger partial charge in [-0.05, 0) is 90.6 Å². The standard InChI is InChI=1S/C27H31NO4/c1-17(23-10-11-24-19(3)26(31-5)15-18(2)25(24)16-23)14-21-6-8-22(9-7-21)27(30)28-20(4)32-13-12-29/h6-11,14-16,20,29H,12-13H2,1-5H3,(H,28,30). The minimum Gasteiger partial charge on any atom is -0.496 e. The van der Waals surface area contributed by atoms with Gasteiger partial charge in [-0.3, -0.25) is 4.79 Å². The lowest BCUT2D eigenvalue weighted by molar-refractivity contribution is 0.0199. The number of methoxy groups -OCH3 is 1. The zero-order valence-electron chi connectivity index (χ0n) is 19.4. The first-order valence-electron chi connectivity index (χ1n) is 10.7. The molecule has 3 aromatic rings. The first kappa shape index (κ1) is 23.5. The number of nitrogens with one attached hydrogen (secondary N) is 1. The maximum absolute atomic E-state index is 12.3. The van der Waals surface area contributed by atoms with Crippen molar-refractivity contribution in [3.63, 3.8) is 0 Å². The van der Waals surface area contributed by atoms with Crippen LogP contribution in [0.5, 0.6) is 5.75 Å². The minimum absolute atomic E-state index is 0.0782. The highest BCUT2D eigenvalue weighted by atomic mass is 16.5. The highest BCUT2D eigenvalue weighted by molar-refractivity contribution is 5.96. The van der Waals surface area contributed by atoms with Crippen molar-refractivity contribution >= 4 is 28.3 Å². The van der Waals surface area contributed by atoms with E-state index in [1.807, 2.05) is 12.1 Å². The molecule has 0 aliphatic heterocycles. The summed E-state index contributed by atoms with van der Waals surface area (Å²) in [7, 11) is 1.70. The Hall–Kier alpha value is -3.15. The molecule has 5 heteroatoms. The van der Waals surface area contributed by atoms with Gasteiger partial charge in [0, 0.05) is 5.56 Å². The number of amides is 1. The molecule has 3 rings (SSSR count). The van der Waals surface area contributed by atoms with E-state index in [0.29, 0.717) is 5.56 Å². The molecule has 0 radical (unpaired) electrons. The van der Waals surface area contributed by atoms with Crippen LogP contribution in [0.1, 0.15) is 46.5 Å². The van der Waals surface area contributed by atoms with Crippen LogP contribution < -0.4 is 10.1 Å². The molecule has 1 atom stereocenters. The molecular weight excluding hydrogens is 402 g/mol. The van der Waals surface area contributed by atoms with E-state index in [0.717, 1.165) is 28.0 Å². The molecule has 0 heterocycles. The van der Waals surface area contributed by atoms with Crippen molar-refractivity contribution in [1.82, 2.24) is 5.32 Å². The van der Waals surface area contributed by atoms with Crippen LogP contribution in [0.15, 0.2) is 48.5 Å². The van der Waals surface area contributed by atoms with Crippen molar-refractivity contribution in [3.05, 3.63) is 76.3 Å². The summed E-state index contributed by atoms with van der Waals surface area (Å²) in [5.74, 6) is 0.701. The number of rotatable bonds is 8. The van der Waals surface area contributed by atoms with Crippen LogP contribution in [0, 0.1) is 13.8 Å². The number of hydrogen-bond acceptors (Lipinski definition) is 4. The maximum Gasteiger partial charge on any atom is 0.253 e. The molecular formula is C27H31NO4. The van der Waals surface area contributed by atoms with E-state index in [1.54, 1.807) is 26.2 Å². The van der Waals surface area contributed by atoms with Crippen LogP contribution in [-0.2, 0) is 4.74 Å². The van der Waals surface area contributed by atoms with Gasteiger partial charge in [0.2, 0.25) is 0 Å². The summed E-state index contributed by atoms with van der Waals surface area (Å²) in [4.78, 5) is 12.3. The molecule has 32 heavy (non-hydrogen) atoms. The lowest BCUT2D eigenvalue weighted by Crippen LogP contribution is -2.35. The Balaban J connectivity index is 1.79. The molecule has 0 bridgehead atoms. The number of benzene rings is 3. The number of allylic oxidation sites excluding steroid dienone is 1. The average Bonchev–Trinajstić information content (AvgIpc) is 2.80. The maximum atomic E-state index is 12.3. The molecule has 3 aromatic carbocycles. The van der Waals surface area contributed by atoms with E-state index in [2.05, 4.69) is 56.4 Å². The summed E-state index contributed by atoms with van der Waals surface area (Å²) in [6, 6.07) is 16.0. The zero-order chi connectivity index (χ0) is 23.3. The summed E-state index contributed by atoms with van der Waals surface area (Å²) in [5, 5.41) is 14.0. The van der Waals surface area contributed by atoms with Crippen LogP contribution in [0.4, 0.5) is 0 Å². The Bertz CT molecular complexity index is 1130. The Kier molecular flexibility index (Phi) is 7.67. The number of aliphatic hydroxyl groups excluding tert-OH is 1. The summed E-state index contributed by atoms with van der Waals surface area (Å²) in [5.41, 5.74) is 6.21. The Labute approximate surface area is 189 Å². The van der Waals surface area contributed by atoms with Crippen LogP contribution >= 0.6 is 0 Å². The van der Waals surface area contributed by atoms with Crippen LogP contribution in [0.2, 0.25) is 0 Å². The fourth-order valence-electron chi connectivity index (χ4n) is 3.77. The number of ether oxygens (including phenoxy) is 2. The van der Waals surface area contributed by atoms with Gasteiger partial charge in [-0.25, -0.2) is 0 Å². The molecule has 168 valence electrons. The van der Waals surface area contributed by atoms with Crippen molar-refractivity contribution in [2.75, 3.05) is 20.3 Å². The van der Waals surface area contributed by atoms with E-state index >= 15 is 0 Å². The molecule has 1 unspecified atom stereocenters. The average molecular weight is 434 g/mol. The van der Waals surface area contributed by atoms with Crippen molar-refractivity contribution < 1.29 is 19.4 Å². The summed E-state index contributed by atoms with van der Waals surface area (Å²) in [6.45, 7) is 8.12. The van der Waals surface area contributed by atoms with E-state index < -0.39 is 6.23 Å². The SMILES string of the molecule is COc1cc(C)c2cc(C(C)=Cc3ccc(C(=O)NC(C)OCCO)cc3)ccc2c1C. The summed E-state index contributed by atoms with van der Waals surface area (Å²) >= 11 is 0. The van der Waals surface area contributed by atoms with E-state index in [4.69, 9.17) is 14.6 Å². The molecule has 0 saturated heterocycles. The fraction of sp³-hybridized carbons (Fsp3) is 0.296. The first-order valence-corrected chi connectivity index (χ1v) is 10.7. The molecule has 1 amide bonds. The minimum atomic E-state index is -0.462. The second-order valence-electron chi connectivity index (χ2n) is 7.94. The molecule has 0 aliphatic carbocycles. The van der Waals surface area contributed by atoms with Crippen molar-refractivity contribution in [1.29, 1.82) is 0 Å². The second-order valence-corrected chi connectivity index (χ2v) is 7.94. The predicted octanol–water partition coefficient (Wildman–Crippen LogP) is 5.11. The Morgan fingerprint density at radius 3 is 2.41 bits per heavy atom. The van der Waals surface area contributed by atoms with Crippen LogP contribution in [0.25, 0.3) is 22.4 Å². The van der Waals surface area contributed by atoms with Gasteiger partial charge in [-0.2, -0.15) is 0 Å². The number of hydrogen-bond donors (Lipinski definition) is 2. The third-order valence-corrected chi connectivity index (χ3v) is 5.59. The lowest BCUT2D eigenvalue weighted by atomic mass is 9.95. The Morgan fingerprint density at radius 1 is 1.06 bits per heavy atom. The first-order chi connectivity index (χ1) is 15.3. The van der Waals surface area contributed by atoms with Crippen LogP contribution in [-0.4, -0.2) is 37.6 Å². The van der Waals surface area contributed by atoms with Crippen molar-refractivity contribution in [2.45, 2.75) is 33.9 Å². The van der Waals surface area contributed by atoms with E-state index in [1.165, 1.54) is 16.3 Å². The van der Waals surface area contributed by atoms with Gasteiger partial charge >= 0.3 is 0 Å². The van der Waals surface area contributed by atoms with Gasteiger partial charge in [0.05, 0.1) is 20.3 Å². The Morgan fingerprint density at radius 2 is 1.75 bits per heavy atom. The third kappa shape index (κ3) is 5.36. The number of carbonyl (C=O) groups is 1. The second kappa shape index (κ2) is 10.4. The van der Waals surface area contributed by atoms with E-state index in [-0.39, 0.29) is 19.1 Å². The predicted molar refractivity (Wildman–Crippen MR) is 130 cm³/mol. The normalized spacial score (nSPS) is 12.6. The number of fused-ring (bicyclic) bond motifs is 1. The number of aliphatic hydroxyl groups is 1. The smallest absolute Gasteiger partial charge is 0.253 e. The summed E-state index contributed by atoms with van der Waals surface area (Å²) < 4.78 is 10.8. The van der Waals surface area contributed by atoms with Gasteiger partial charge in [0.15, 0.2) is 0 Å². The number of carbonyl (C=O) groups excluding carboxylic acids is 1. The quantitative estimate of drug-likeness (QED) is 0.383.